The van der Waals surface area contributed by atoms with Crippen molar-refractivity contribution in [3.63, 3.8) is 0 Å². The van der Waals surface area contributed by atoms with E-state index in [1.807, 2.05) is 31.2 Å². The average Bonchev–Trinajstić information content (AvgIpc) is 3.18. The average molecular weight is 404 g/mol. The van der Waals surface area contributed by atoms with E-state index in [0.717, 1.165) is 36.0 Å². The highest BCUT2D eigenvalue weighted by molar-refractivity contribution is 5.97. The van der Waals surface area contributed by atoms with Crippen LogP contribution in [0.2, 0.25) is 0 Å². The van der Waals surface area contributed by atoms with Gasteiger partial charge in [0.25, 0.3) is 5.91 Å². The second-order valence-electron chi connectivity index (χ2n) is 9.75. The molecule has 1 amide bonds. The maximum absolute atomic E-state index is 13.6. The van der Waals surface area contributed by atoms with Crippen molar-refractivity contribution in [2.24, 2.45) is 5.41 Å². The van der Waals surface area contributed by atoms with Crippen LogP contribution in [0.5, 0.6) is 0 Å². The third-order valence-corrected chi connectivity index (χ3v) is 8.04. The zero-order valence-electron chi connectivity index (χ0n) is 18.1. The van der Waals surface area contributed by atoms with Crippen molar-refractivity contribution < 1.29 is 9.90 Å². The Balaban J connectivity index is 1.55. The number of piperidine rings is 1. The Hall–Kier alpha value is -2.66. The summed E-state index contributed by atoms with van der Waals surface area (Å²) in [5.41, 5.74) is 5.96. The smallest absolute Gasteiger partial charge is 0.254 e. The number of aromatic nitrogens is 2. The molecular weight excluding hydrogens is 374 g/mol. The van der Waals surface area contributed by atoms with Crippen LogP contribution < -0.4 is 0 Å². The number of H-pyrrole nitrogens is 1. The van der Waals surface area contributed by atoms with Crippen LogP contribution in [0.3, 0.4) is 0 Å². The summed E-state index contributed by atoms with van der Waals surface area (Å²) in [6, 6.07) is 12.2. The number of hydrogen-bond donors (Lipinski definition) is 2. The second-order valence-corrected chi connectivity index (χ2v) is 9.75. The van der Waals surface area contributed by atoms with Crippen LogP contribution in [0, 0.1) is 5.41 Å². The van der Waals surface area contributed by atoms with Crippen molar-refractivity contribution in [1.29, 1.82) is 0 Å². The minimum absolute atomic E-state index is 0.0414. The largest absolute Gasteiger partial charge is 0.389 e. The minimum Gasteiger partial charge on any atom is -0.389 e. The first-order valence-corrected chi connectivity index (χ1v) is 10.8. The van der Waals surface area contributed by atoms with Gasteiger partial charge in [0.05, 0.1) is 23.5 Å². The summed E-state index contributed by atoms with van der Waals surface area (Å²) < 4.78 is 0. The van der Waals surface area contributed by atoms with Gasteiger partial charge >= 0.3 is 0 Å². The predicted octanol–water partition coefficient (Wildman–Crippen LogP) is 4.37. The molecule has 2 aromatic carbocycles. The molecule has 1 fully saturated rings. The number of fused-ring (bicyclic) bond motifs is 5. The molecule has 2 bridgehead atoms. The van der Waals surface area contributed by atoms with E-state index >= 15 is 0 Å². The van der Waals surface area contributed by atoms with Gasteiger partial charge in [-0.1, -0.05) is 39.0 Å². The molecule has 2 N–H and O–H groups in total. The monoisotopic (exact) mass is 403 g/mol. The molecule has 30 heavy (non-hydrogen) atoms. The summed E-state index contributed by atoms with van der Waals surface area (Å²) in [5.74, 6) is 0.0932. The predicted molar refractivity (Wildman–Crippen MR) is 117 cm³/mol. The molecule has 5 rings (SSSR count). The number of aliphatic hydroxyl groups excluding tert-OH is 1. The quantitative estimate of drug-likeness (QED) is 0.668. The molecule has 2 aliphatic rings. The third-order valence-electron chi connectivity index (χ3n) is 8.04. The number of hydrogen-bond acceptors (Lipinski definition) is 3. The molecule has 1 saturated heterocycles. The Bertz CT molecular complexity index is 1150. The van der Waals surface area contributed by atoms with E-state index in [2.05, 4.69) is 47.8 Å². The number of carbonyl (C=O) groups excluding carboxylic acids is 1. The fraction of sp³-hybridized carbons (Fsp3) is 0.440. The molecule has 5 nitrogen and oxygen atoms in total. The fourth-order valence-electron chi connectivity index (χ4n) is 5.66. The molecule has 0 radical (unpaired) electrons. The lowest BCUT2D eigenvalue weighted by Crippen LogP contribution is -2.64. The normalized spacial score (nSPS) is 25.8. The number of amides is 1. The molecule has 2 heterocycles. The number of benzene rings is 2. The SMILES string of the molecule is CC(O)c1ccc2c(c1)[C@]1(C)CCN(C(=O)c3ccc4nc[nH]c4c3)C(C2)C1(C)C. The molecule has 3 atom stereocenters. The van der Waals surface area contributed by atoms with Crippen molar-refractivity contribution in [2.75, 3.05) is 6.54 Å². The number of nitrogens with zero attached hydrogens (tertiary/aromatic N) is 2. The van der Waals surface area contributed by atoms with Crippen LogP contribution in [0.15, 0.2) is 42.7 Å². The fourth-order valence-corrected chi connectivity index (χ4v) is 5.66. The van der Waals surface area contributed by atoms with Crippen LogP contribution in [-0.4, -0.2) is 38.5 Å². The van der Waals surface area contributed by atoms with Gasteiger partial charge in [-0.25, -0.2) is 4.98 Å². The highest BCUT2D eigenvalue weighted by atomic mass is 16.3. The van der Waals surface area contributed by atoms with Gasteiger partial charge in [-0.15, -0.1) is 0 Å². The van der Waals surface area contributed by atoms with Gasteiger partial charge in [0.1, 0.15) is 0 Å². The van der Waals surface area contributed by atoms with Crippen molar-refractivity contribution in [1.82, 2.24) is 14.9 Å². The van der Waals surface area contributed by atoms with E-state index in [4.69, 9.17) is 0 Å². The molecule has 5 heteroatoms. The number of aromatic amines is 1. The lowest BCUT2D eigenvalue weighted by atomic mass is 9.51. The van der Waals surface area contributed by atoms with E-state index in [0.29, 0.717) is 5.56 Å². The van der Waals surface area contributed by atoms with Crippen LogP contribution in [0.4, 0.5) is 0 Å². The van der Waals surface area contributed by atoms with Crippen molar-refractivity contribution >= 4 is 16.9 Å². The number of likely N-dealkylation sites (tertiary alicyclic amines) is 1. The van der Waals surface area contributed by atoms with Crippen molar-refractivity contribution in [3.05, 3.63) is 65.0 Å². The van der Waals surface area contributed by atoms with Crippen LogP contribution in [0.25, 0.3) is 11.0 Å². The van der Waals surface area contributed by atoms with Gasteiger partial charge in [0.15, 0.2) is 0 Å². The molecular formula is C25H29N3O2. The Kier molecular flexibility index (Phi) is 4.13. The zero-order valence-corrected chi connectivity index (χ0v) is 18.1. The molecule has 0 spiro atoms. The number of aliphatic hydroxyl groups is 1. The molecule has 0 saturated carbocycles. The lowest BCUT2D eigenvalue weighted by molar-refractivity contribution is -0.0262. The highest BCUT2D eigenvalue weighted by Crippen LogP contribution is 2.56. The van der Waals surface area contributed by atoms with Crippen molar-refractivity contribution in [2.45, 2.75) is 58.1 Å². The van der Waals surface area contributed by atoms with E-state index in [9.17, 15) is 9.90 Å². The first-order valence-electron chi connectivity index (χ1n) is 10.8. The second kappa shape index (κ2) is 6.42. The first kappa shape index (κ1) is 19.3. The summed E-state index contributed by atoms with van der Waals surface area (Å²) >= 11 is 0. The van der Waals surface area contributed by atoms with E-state index < -0.39 is 6.10 Å². The highest BCUT2D eigenvalue weighted by Gasteiger charge is 2.56. The summed E-state index contributed by atoms with van der Waals surface area (Å²) in [4.78, 5) is 23.0. The minimum atomic E-state index is -0.473. The summed E-state index contributed by atoms with van der Waals surface area (Å²) in [6.45, 7) is 9.49. The van der Waals surface area contributed by atoms with E-state index in [1.54, 1.807) is 6.33 Å². The zero-order chi connectivity index (χ0) is 21.3. The molecule has 2 unspecified atom stereocenters. The molecule has 1 aromatic heterocycles. The number of rotatable bonds is 2. The third kappa shape index (κ3) is 2.58. The lowest BCUT2D eigenvalue weighted by Gasteiger charge is -2.61. The summed E-state index contributed by atoms with van der Waals surface area (Å²) in [6.07, 6.45) is 2.94. The van der Waals surface area contributed by atoms with Gasteiger partial charge in [-0.05, 0) is 60.1 Å². The van der Waals surface area contributed by atoms with Gasteiger partial charge in [-0.2, -0.15) is 0 Å². The summed E-state index contributed by atoms with van der Waals surface area (Å²) in [5, 5.41) is 10.1. The number of nitrogens with one attached hydrogen (secondary N) is 1. The topological polar surface area (TPSA) is 69.2 Å². The maximum atomic E-state index is 13.6. The van der Waals surface area contributed by atoms with Gasteiger partial charge in [0.2, 0.25) is 0 Å². The standard InChI is InChI=1S/C25H29N3O2/c1-15(29)16-5-6-17-13-22-24(2,3)25(4,19(17)11-16)9-10-28(22)23(30)18-7-8-20-21(12-18)27-14-26-20/h5-8,11-12,14-15,22,29H,9-10,13H2,1-4H3,(H,26,27)/t15?,22?,25-/m0/s1. The van der Waals surface area contributed by atoms with Crippen LogP contribution in [-0.2, 0) is 11.8 Å². The Morgan fingerprint density at radius 3 is 2.80 bits per heavy atom. The molecule has 1 aliphatic heterocycles. The Morgan fingerprint density at radius 1 is 1.23 bits per heavy atom. The van der Waals surface area contributed by atoms with Crippen LogP contribution in [0.1, 0.15) is 67.3 Å². The van der Waals surface area contributed by atoms with E-state index in [-0.39, 0.29) is 22.8 Å². The van der Waals surface area contributed by atoms with Gasteiger partial charge < -0.3 is 15.0 Å². The Labute approximate surface area is 177 Å². The molecule has 156 valence electrons. The summed E-state index contributed by atoms with van der Waals surface area (Å²) in [7, 11) is 0. The molecule has 3 aromatic rings. The van der Waals surface area contributed by atoms with Gasteiger partial charge in [0, 0.05) is 23.6 Å². The maximum Gasteiger partial charge on any atom is 0.254 e. The van der Waals surface area contributed by atoms with Gasteiger partial charge in [-0.3, -0.25) is 4.79 Å². The molecule has 1 aliphatic carbocycles. The first-order chi connectivity index (χ1) is 14.2. The number of carbonyl (C=O) groups is 1. The number of imidazole rings is 1. The van der Waals surface area contributed by atoms with Crippen LogP contribution >= 0.6 is 0 Å². The van der Waals surface area contributed by atoms with E-state index in [1.165, 1.54) is 11.1 Å². The Morgan fingerprint density at radius 2 is 2.03 bits per heavy atom. The van der Waals surface area contributed by atoms with Crippen molar-refractivity contribution in [3.8, 4) is 0 Å².